The Hall–Kier alpha value is -2.15. The van der Waals surface area contributed by atoms with Crippen LogP contribution in [-0.4, -0.2) is 34.1 Å². The normalized spacial score (nSPS) is 10.3. The SMILES string of the molecule is CCNc1cc(C(=O)NCCc2ncon2)c(Cl)cn1. The van der Waals surface area contributed by atoms with Crippen LogP contribution in [0.1, 0.15) is 23.1 Å². The second-order valence-electron chi connectivity index (χ2n) is 3.93. The number of hydrogen-bond donors (Lipinski definition) is 2. The third-order valence-corrected chi connectivity index (χ3v) is 2.80. The maximum absolute atomic E-state index is 12.0. The third-order valence-electron chi connectivity index (χ3n) is 2.50. The van der Waals surface area contributed by atoms with Crippen molar-refractivity contribution in [3.05, 3.63) is 35.1 Å². The fourth-order valence-corrected chi connectivity index (χ4v) is 1.77. The molecule has 106 valence electrons. The highest BCUT2D eigenvalue weighted by Gasteiger charge is 2.12. The molecule has 0 bridgehead atoms. The largest absolute Gasteiger partial charge is 0.370 e. The zero-order valence-electron chi connectivity index (χ0n) is 10.9. The first kappa shape index (κ1) is 14.3. The minimum absolute atomic E-state index is 0.264. The Labute approximate surface area is 120 Å². The topological polar surface area (TPSA) is 92.9 Å². The number of anilines is 1. The smallest absolute Gasteiger partial charge is 0.253 e. The number of rotatable bonds is 6. The van der Waals surface area contributed by atoms with Gasteiger partial charge in [-0.1, -0.05) is 16.8 Å². The highest BCUT2D eigenvalue weighted by Crippen LogP contribution is 2.17. The minimum Gasteiger partial charge on any atom is -0.370 e. The van der Waals surface area contributed by atoms with Crippen molar-refractivity contribution in [2.75, 3.05) is 18.4 Å². The van der Waals surface area contributed by atoms with Gasteiger partial charge in [-0.25, -0.2) is 4.98 Å². The Kier molecular flexibility index (Phi) is 4.89. The Bertz CT molecular complexity index is 573. The quantitative estimate of drug-likeness (QED) is 0.839. The van der Waals surface area contributed by atoms with Crippen molar-refractivity contribution in [2.45, 2.75) is 13.3 Å². The van der Waals surface area contributed by atoms with Crippen LogP contribution in [0.4, 0.5) is 5.82 Å². The summed E-state index contributed by atoms with van der Waals surface area (Å²) in [5.74, 6) is 0.889. The second kappa shape index (κ2) is 6.85. The summed E-state index contributed by atoms with van der Waals surface area (Å²) in [6, 6.07) is 1.62. The van der Waals surface area contributed by atoms with Gasteiger partial charge in [0.05, 0.1) is 10.6 Å². The molecule has 0 atom stereocenters. The number of aromatic nitrogens is 3. The van der Waals surface area contributed by atoms with Crippen molar-refractivity contribution in [3.8, 4) is 0 Å². The third kappa shape index (κ3) is 3.67. The van der Waals surface area contributed by atoms with Gasteiger partial charge < -0.3 is 15.2 Å². The maximum atomic E-state index is 12.0. The van der Waals surface area contributed by atoms with E-state index in [0.717, 1.165) is 0 Å². The first-order valence-corrected chi connectivity index (χ1v) is 6.51. The Balaban J connectivity index is 1.95. The summed E-state index contributed by atoms with van der Waals surface area (Å²) in [7, 11) is 0. The van der Waals surface area contributed by atoms with E-state index < -0.39 is 0 Å². The summed E-state index contributed by atoms with van der Waals surface area (Å²) in [6.45, 7) is 3.06. The highest BCUT2D eigenvalue weighted by molar-refractivity contribution is 6.33. The van der Waals surface area contributed by atoms with Gasteiger partial charge in [-0.15, -0.1) is 0 Å². The number of nitrogens with zero attached hydrogens (tertiary/aromatic N) is 3. The molecule has 0 fully saturated rings. The van der Waals surface area contributed by atoms with Crippen molar-refractivity contribution in [1.82, 2.24) is 20.4 Å². The van der Waals surface area contributed by atoms with Crippen LogP contribution >= 0.6 is 11.6 Å². The predicted molar refractivity (Wildman–Crippen MR) is 73.7 cm³/mol. The molecular formula is C12H14ClN5O2. The van der Waals surface area contributed by atoms with Crippen LogP contribution in [0.2, 0.25) is 5.02 Å². The van der Waals surface area contributed by atoms with E-state index in [4.69, 9.17) is 11.6 Å². The summed E-state index contributed by atoms with van der Waals surface area (Å²) in [5.41, 5.74) is 0.380. The van der Waals surface area contributed by atoms with Gasteiger partial charge in [-0.3, -0.25) is 4.79 Å². The molecule has 7 nitrogen and oxygen atoms in total. The van der Waals surface area contributed by atoms with Crippen LogP contribution in [0.5, 0.6) is 0 Å². The number of carbonyl (C=O) groups is 1. The maximum Gasteiger partial charge on any atom is 0.253 e. The first-order valence-electron chi connectivity index (χ1n) is 6.13. The van der Waals surface area contributed by atoms with E-state index in [0.29, 0.717) is 41.7 Å². The van der Waals surface area contributed by atoms with E-state index in [1.807, 2.05) is 6.92 Å². The van der Waals surface area contributed by atoms with Gasteiger partial charge in [-0.2, -0.15) is 4.98 Å². The van der Waals surface area contributed by atoms with E-state index in [1.165, 1.54) is 12.6 Å². The number of nitrogens with one attached hydrogen (secondary N) is 2. The van der Waals surface area contributed by atoms with Gasteiger partial charge in [0.15, 0.2) is 5.82 Å². The van der Waals surface area contributed by atoms with E-state index in [9.17, 15) is 4.79 Å². The molecule has 2 N–H and O–H groups in total. The Morgan fingerprint density at radius 3 is 3.00 bits per heavy atom. The molecule has 2 aromatic rings. The van der Waals surface area contributed by atoms with Crippen molar-refractivity contribution in [3.63, 3.8) is 0 Å². The van der Waals surface area contributed by atoms with E-state index in [1.54, 1.807) is 6.07 Å². The average Bonchev–Trinajstić information content (AvgIpc) is 2.94. The standard InChI is InChI=1S/C12H14ClN5O2/c1-2-14-11-5-8(9(13)6-16-11)12(19)15-4-3-10-17-7-20-18-10/h5-7H,2-4H2,1H3,(H,14,16)(H,15,19). The molecule has 1 amide bonds. The van der Waals surface area contributed by atoms with Gasteiger partial charge >= 0.3 is 0 Å². The molecule has 0 aromatic carbocycles. The van der Waals surface area contributed by atoms with Crippen LogP contribution in [0.3, 0.4) is 0 Å². The zero-order valence-corrected chi connectivity index (χ0v) is 11.6. The van der Waals surface area contributed by atoms with E-state index in [-0.39, 0.29) is 5.91 Å². The minimum atomic E-state index is -0.264. The fourth-order valence-electron chi connectivity index (χ4n) is 1.58. The molecule has 0 unspecified atom stereocenters. The number of hydrogen-bond acceptors (Lipinski definition) is 6. The number of carbonyl (C=O) groups excluding carboxylic acids is 1. The molecular weight excluding hydrogens is 282 g/mol. The van der Waals surface area contributed by atoms with Crippen molar-refractivity contribution < 1.29 is 9.32 Å². The highest BCUT2D eigenvalue weighted by atomic mass is 35.5. The van der Waals surface area contributed by atoms with E-state index in [2.05, 4.69) is 30.3 Å². The molecule has 0 aliphatic rings. The molecule has 8 heteroatoms. The van der Waals surface area contributed by atoms with Crippen LogP contribution in [0.15, 0.2) is 23.2 Å². The predicted octanol–water partition coefficient (Wildman–Crippen LogP) is 1.52. The molecule has 0 saturated heterocycles. The fraction of sp³-hybridized carbons (Fsp3) is 0.333. The molecule has 2 rings (SSSR count). The van der Waals surface area contributed by atoms with Gasteiger partial charge in [-0.05, 0) is 13.0 Å². The van der Waals surface area contributed by atoms with Crippen molar-refractivity contribution in [1.29, 1.82) is 0 Å². The summed E-state index contributed by atoms with van der Waals surface area (Å²) >= 11 is 5.98. The van der Waals surface area contributed by atoms with Crippen LogP contribution < -0.4 is 10.6 Å². The lowest BCUT2D eigenvalue weighted by atomic mass is 10.2. The summed E-state index contributed by atoms with van der Waals surface area (Å²) in [6.07, 6.45) is 3.19. The second-order valence-corrected chi connectivity index (χ2v) is 4.34. The van der Waals surface area contributed by atoms with Gasteiger partial charge in [0.1, 0.15) is 5.82 Å². The molecule has 0 aliphatic carbocycles. The zero-order chi connectivity index (χ0) is 14.4. The van der Waals surface area contributed by atoms with Crippen LogP contribution in [-0.2, 0) is 6.42 Å². The van der Waals surface area contributed by atoms with Gasteiger partial charge in [0, 0.05) is 25.7 Å². The van der Waals surface area contributed by atoms with Crippen LogP contribution in [0.25, 0.3) is 0 Å². The number of halogens is 1. The number of amides is 1. The van der Waals surface area contributed by atoms with E-state index >= 15 is 0 Å². The summed E-state index contributed by atoms with van der Waals surface area (Å²) in [5, 5.41) is 9.74. The monoisotopic (exact) mass is 295 g/mol. The molecule has 0 radical (unpaired) electrons. The molecule has 2 heterocycles. The molecule has 20 heavy (non-hydrogen) atoms. The molecule has 0 saturated carbocycles. The number of pyridine rings is 1. The summed E-state index contributed by atoms with van der Waals surface area (Å²) < 4.78 is 4.61. The lowest BCUT2D eigenvalue weighted by molar-refractivity contribution is 0.0954. The van der Waals surface area contributed by atoms with Crippen LogP contribution in [0, 0.1) is 0 Å². The lowest BCUT2D eigenvalue weighted by Crippen LogP contribution is -2.26. The van der Waals surface area contributed by atoms with Crippen molar-refractivity contribution in [2.24, 2.45) is 0 Å². The Morgan fingerprint density at radius 2 is 2.30 bits per heavy atom. The van der Waals surface area contributed by atoms with Crippen molar-refractivity contribution >= 4 is 23.3 Å². The van der Waals surface area contributed by atoms with Gasteiger partial charge in [0.2, 0.25) is 6.39 Å². The summed E-state index contributed by atoms with van der Waals surface area (Å²) in [4.78, 5) is 20.0. The Morgan fingerprint density at radius 1 is 1.45 bits per heavy atom. The molecule has 2 aromatic heterocycles. The molecule has 0 aliphatic heterocycles. The van der Waals surface area contributed by atoms with Gasteiger partial charge in [0.25, 0.3) is 5.91 Å². The first-order chi connectivity index (χ1) is 9.70. The molecule has 0 spiro atoms. The lowest BCUT2D eigenvalue weighted by Gasteiger charge is -2.08. The average molecular weight is 296 g/mol.